The van der Waals surface area contributed by atoms with Gasteiger partial charge in [-0.2, -0.15) is 0 Å². The predicted molar refractivity (Wildman–Crippen MR) is 74.0 cm³/mol. The van der Waals surface area contributed by atoms with Gasteiger partial charge in [0.15, 0.2) is 0 Å². The average Bonchev–Trinajstić information content (AvgIpc) is 2.27. The Morgan fingerprint density at radius 2 is 1.94 bits per heavy atom. The largest absolute Gasteiger partial charge is 0.303 e. The van der Waals surface area contributed by atoms with Gasteiger partial charge in [0.1, 0.15) is 0 Å². The first-order valence-corrected chi connectivity index (χ1v) is 6.14. The maximum atomic E-state index is 6.17. The van der Waals surface area contributed by atoms with Gasteiger partial charge in [-0.1, -0.05) is 29.8 Å². The topological polar surface area (TPSA) is 41.3 Å². The molecule has 0 bridgehead atoms. The van der Waals surface area contributed by atoms with Crippen LogP contribution in [0.25, 0.3) is 0 Å². The summed E-state index contributed by atoms with van der Waals surface area (Å²) in [6.07, 6.45) is 0.807. The van der Waals surface area contributed by atoms with Crippen molar-refractivity contribution in [1.29, 1.82) is 0 Å². The van der Waals surface area contributed by atoms with E-state index in [0.29, 0.717) is 0 Å². The van der Waals surface area contributed by atoms with E-state index in [9.17, 15) is 0 Å². The van der Waals surface area contributed by atoms with Crippen LogP contribution in [0.2, 0.25) is 5.02 Å². The number of nitrogens with one attached hydrogen (secondary N) is 1. The molecule has 3 N–H and O–H groups in total. The fourth-order valence-corrected chi connectivity index (χ4v) is 1.92. The third-order valence-electron chi connectivity index (χ3n) is 3.59. The highest BCUT2D eigenvalue weighted by molar-refractivity contribution is 6.31. The minimum Gasteiger partial charge on any atom is -0.303 e. The van der Waals surface area contributed by atoms with Gasteiger partial charge in [0.2, 0.25) is 0 Å². The molecule has 0 aliphatic rings. The first kappa shape index (κ1) is 14.5. The Morgan fingerprint density at radius 1 is 1.35 bits per heavy atom. The van der Waals surface area contributed by atoms with Gasteiger partial charge in [0, 0.05) is 16.6 Å². The van der Waals surface area contributed by atoms with Gasteiger partial charge >= 0.3 is 0 Å². The molecule has 0 saturated carbocycles. The Hall–Kier alpha value is -0.610. The summed E-state index contributed by atoms with van der Waals surface area (Å²) in [5.74, 6) is 5.67. The predicted octanol–water partition coefficient (Wildman–Crippen LogP) is 2.05. The highest BCUT2D eigenvalue weighted by Gasteiger charge is 2.31. The fraction of sp³-hybridized carbons (Fsp3) is 0.538. The van der Waals surface area contributed by atoms with E-state index in [1.165, 1.54) is 0 Å². The zero-order chi connectivity index (χ0) is 13.1. The van der Waals surface area contributed by atoms with Crippen LogP contribution in [0.3, 0.4) is 0 Å². The number of likely N-dealkylation sites (N-methyl/N-ethyl adjacent to an activating group) is 1. The van der Waals surface area contributed by atoms with E-state index < -0.39 is 0 Å². The molecule has 1 rings (SSSR count). The molecule has 0 heterocycles. The van der Waals surface area contributed by atoms with Crippen molar-refractivity contribution in [2.24, 2.45) is 5.84 Å². The van der Waals surface area contributed by atoms with E-state index in [0.717, 1.165) is 17.0 Å². The minimum absolute atomic E-state index is 0.0477. The maximum absolute atomic E-state index is 6.17. The molecule has 3 nitrogen and oxygen atoms in total. The molecule has 0 aromatic heterocycles. The lowest BCUT2D eigenvalue weighted by molar-refractivity contribution is 0.137. The number of benzene rings is 1. The summed E-state index contributed by atoms with van der Waals surface area (Å²) in [7, 11) is 4.11. The molecule has 1 unspecified atom stereocenters. The number of rotatable bonds is 5. The second-order valence-electron chi connectivity index (χ2n) is 5.06. The van der Waals surface area contributed by atoms with Crippen LogP contribution in [0.5, 0.6) is 0 Å². The Kier molecular flexibility index (Phi) is 4.95. The number of nitrogens with zero attached hydrogens (tertiary/aromatic N) is 1. The van der Waals surface area contributed by atoms with Crippen LogP contribution in [0, 0.1) is 0 Å². The monoisotopic (exact) mass is 255 g/mol. The minimum atomic E-state index is -0.0477. The zero-order valence-electron chi connectivity index (χ0n) is 11.0. The summed E-state index contributed by atoms with van der Waals surface area (Å²) in [5.41, 5.74) is 3.97. The Bertz CT molecular complexity index is 363. The van der Waals surface area contributed by atoms with E-state index in [2.05, 4.69) is 38.3 Å². The van der Waals surface area contributed by atoms with Crippen molar-refractivity contribution >= 4 is 11.6 Å². The molecule has 0 aliphatic heterocycles. The lowest BCUT2D eigenvalue weighted by atomic mass is 9.88. The van der Waals surface area contributed by atoms with E-state index >= 15 is 0 Å². The number of hydrogen-bond acceptors (Lipinski definition) is 3. The van der Waals surface area contributed by atoms with Crippen LogP contribution < -0.4 is 11.3 Å². The summed E-state index contributed by atoms with van der Waals surface area (Å²) in [4.78, 5) is 2.16. The Balaban J connectivity index is 2.88. The quantitative estimate of drug-likeness (QED) is 0.625. The molecule has 4 heteroatoms. The molecule has 96 valence electrons. The maximum Gasteiger partial charge on any atom is 0.0438 e. The second kappa shape index (κ2) is 5.83. The van der Waals surface area contributed by atoms with Crippen LogP contribution >= 0.6 is 11.6 Å². The van der Waals surface area contributed by atoms with E-state index in [1.54, 1.807) is 0 Å². The molecular weight excluding hydrogens is 234 g/mol. The molecule has 1 atom stereocenters. The number of halogens is 1. The van der Waals surface area contributed by atoms with Crippen molar-refractivity contribution in [2.45, 2.75) is 31.8 Å². The summed E-state index contributed by atoms with van der Waals surface area (Å²) in [6, 6.07) is 8.02. The van der Waals surface area contributed by atoms with E-state index in [4.69, 9.17) is 17.4 Å². The number of hydrogen-bond donors (Lipinski definition) is 2. The molecule has 1 aromatic rings. The molecule has 1 aromatic carbocycles. The molecule has 0 amide bonds. The lowest BCUT2D eigenvalue weighted by Crippen LogP contribution is -2.58. The van der Waals surface area contributed by atoms with Crippen LogP contribution in [-0.4, -0.2) is 30.6 Å². The molecule has 0 aliphatic carbocycles. The molecule has 17 heavy (non-hydrogen) atoms. The standard InChI is InChI=1S/C13H22ClN3/c1-13(2,17(3)4)12(16-15)9-10-7-5-6-8-11(10)14/h5-8,12,16H,9,15H2,1-4H3. The van der Waals surface area contributed by atoms with Crippen molar-refractivity contribution < 1.29 is 0 Å². The molecule has 0 saturated heterocycles. The Morgan fingerprint density at radius 3 is 2.41 bits per heavy atom. The second-order valence-corrected chi connectivity index (χ2v) is 5.47. The van der Waals surface area contributed by atoms with Crippen LogP contribution in [0.4, 0.5) is 0 Å². The van der Waals surface area contributed by atoms with Gasteiger partial charge in [0.25, 0.3) is 0 Å². The smallest absolute Gasteiger partial charge is 0.0438 e. The number of hydrazine groups is 1. The number of nitrogens with two attached hydrogens (primary N) is 1. The zero-order valence-corrected chi connectivity index (χ0v) is 11.8. The summed E-state index contributed by atoms with van der Waals surface area (Å²) in [6.45, 7) is 4.32. The van der Waals surface area contributed by atoms with Crippen LogP contribution in [0.1, 0.15) is 19.4 Å². The van der Waals surface area contributed by atoms with E-state index in [-0.39, 0.29) is 11.6 Å². The first-order chi connectivity index (χ1) is 7.89. The Labute approximate surface area is 109 Å². The first-order valence-electron chi connectivity index (χ1n) is 5.76. The van der Waals surface area contributed by atoms with Crippen LogP contribution in [-0.2, 0) is 6.42 Å². The van der Waals surface area contributed by atoms with Gasteiger partial charge in [0.05, 0.1) is 0 Å². The summed E-state index contributed by atoms with van der Waals surface area (Å²) in [5, 5.41) is 0.794. The highest BCUT2D eigenvalue weighted by Crippen LogP contribution is 2.23. The van der Waals surface area contributed by atoms with Gasteiger partial charge in [-0.3, -0.25) is 11.3 Å². The SMILES string of the molecule is CN(C)C(C)(C)C(Cc1ccccc1Cl)NN. The lowest BCUT2D eigenvalue weighted by Gasteiger charge is -2.40. The molecule has 0 spiro atoms. The van der Waals surface area contributed by atoms with Crippen molar-refractivity contribution in [1.82, 2.24) is 10.3 Å². The van der Waals surface area contributed by atoms with Crippen molar-refractivity contribution in [3.05, 3.63) is 34.9 Å². The van der Waals surface area contributed by atoms with Crippen LogP contribution in [0.15, 0.2) is 24.3 Å². The fourth-order valence-electron chi connectivity index (χ4n) is 1.71. The third kappa shape index (κ3) is 3.42. The highest BCUT2D eigenvalue weighted by atomic mass is 35.5. The van der Waals surface area contributed by atoms with Gasteiger partial charge in [-0.15, -0.1) is 0 Å². The normalized spacial score (nSPS) is 14.1. The third-order valence-corrected chi connectivity index (χ3v) is 3.96. The van der Waals surface area contributed by atoms with Gasteiger partial charge < -0.3 is 4.90 Å². The van der Waals surface area contributed by atoms with E-state index in [1.807, 2.05) is 24.3 Å². The van der Waals surface area contributed by atoms with Gasteiger partial charge in [-0.25, -0.2) is 0 Å². The average molecular weight is 256 g/mol. The molecule has 0 fully saturated rings. The summed E-state index contributed by atoms with van der Waals surface area (Å²) < 4.78 is 0. The van der Waals surface area contributed by atoms with Gasteiger partial charge in [-0.05, 0) is 46.0 Å². The molecular formula is C13H22ClN3. The molecule has 0 radical (unpaired) electrons. The van der Waals surface area contributed by atoms with Crippen molar-refractivity contribution in [3.63, 3.8) is 0 Å². The van der Waals surface area contributed by atoms with Crippen molar-refractivity contribution in [3.8, 4) is 0 Å². The van der Waals surface area contributed by atoms with Crippen molar-refractivity contribution in [2.75, 3.05) is 14.1 Å². The summed E-state index contributed by atoms with van der Waals surface area (Å²) >= 11 is 6.17.